The lowest BCUT2D eigenvalue weighted by Gasteiger charge is -2.27. The Bertz CT molecular complexity index is 742. The maximum atomic E-state index is 12.7. The lowest BCUT2D eigenvalue weighted by molar-refractivity contribution is -0.105. The van der Waals surface area contributed by atoms with Crippen LogP contribution < -0.4 is 10.6 Å². The summed E-state index contributed by atoms with van der Waals surface area (Å²) in [5, 5.41) is 5.47. The standard InChI is InChI=1S/C19H21N3O3/c23-14-20-16-5-3-6-17(12-16)21-19(24)18-7-2-1-4-15(18)13-22-8-10-25-11-9-22/h1-7,12,14H,8-11,13H2,(H,20,23)(H,21,24). The van der Waals surface area contributed by atoms with Crippen LogP contribution in [0.25, 0.3) is 0 Å². The Hall–Kier alpha value is -2.70. The van der Waals surface area contributed by atoms with Crippen LogP contribution in [0.5, 0.6) is 0 Å². The highest BCUT2D eigenvalue weighted by Gasteiger charge is 2.16. The van der Waals surface area contributed by atoms with Crippen molar-refractivity contribution in [2.24, 2.45) is 0 Å². The minimum absolute atomic E-state index is 0.160. The van der Waals surface area contributed by atoms with E-state index >= 15 is 0 Å². The molecule has 0 spiro atoms. The summed E-state index contributed by atoms with van der Waals surface area (Å²) in [5.41, 5.74) is 2.92. The molecule has 2 amide bonds. The van der Waals surface area contributed by atoms with Gasteiger partial charge in [-0.1, -0.05) is 24.3 Å². The molecule has 0 aliphatic carbocycles. The summed E-state index contributed by atoms with van der Waals surface area (Å²) in [7, 11) is 0. The molecule has 3 rings (SSSR count). The molecule has 0 atom stereocenters. The van der Waals surface area contributed by atoms with E-state index in [0.29, 0.717) is 23.3 Å². The van der Waals surface area contributed by atoms with Crippen molar-refractivity contribution in [1.82, 2.24) is 4.90 Å². The first-order valence-electron chi connectivity index (χ1n) is 8.26. The minimum atomic E-state index is -0.160. The van der Waals surface area contributed by atoms with Crippen molar-refractivity contribution in [1.29, 1.82) is 0 Å². The quantitative estimate of drug-likeness (QED) is 0.793. The van der Waals surface area contributed by atoms with E-state index in [0.717, 1.165) is 38.4 Å². The number of nitrogens with one attached hydrogen (secondary N) is 2. The predicted octanol–water partition coefficient (Wildman–Crippen LogP) is 2.34. The highest BCUT2D eigenvalue weighted by atomic mass is 16.5. The van der Waals surface area contributed by atoms with Crippen molar-refractivity contribution >= 4 is 23.7 Å². The van der Waals surface area contributed by atoms with Crippen molar-refractivity contribution in [3.8, 4) is 0 Å². The second-order valence-corrected chi connectivity index (χ2v) is 5.84. The minimum Gasteiger partial charge on any atom is -0.379 e. The van der Waals surface area contributed by atoms with Gasteiger partial charge in [0.05, 0.1) is 13.2 Å². The highest BCUT2D eigenvalue weighted by molar-refractivity contribution is 6.05. The maximum absolute atomic E-state index is 12.7. The van der Waals surface area contributed by atoms with Crippen molar-refractivity contribution in [3.05, 3.63) is 59.7 Å². The normalized spacial score (nSPS) is 14.7. The summed E-state index contributed by atoms with van der Waals surface area (Å²) in [6.45, 7) is 3.92. The molecule has 25 heavy (non-hydrogen) atoms. The van der Waals surface area contributed by atoms with Crippen molar-refractivity contribution in [2.45, 2.75) is 6.54 Å². The molecule has 0 unspecified atom stereocenters. The molecule has 0 radical (unpaired) electrons. The third-order valence-electron chi connectivity index (χ3n) is 4.11. The molecule has 2 N–H and O–H groups in total. The van der Waals surface area contributed by atoms with E-state index in [2.05, 4.69) is 15.5 Å². The van der Waals surface area contributed by atoms with Crippen LogP contribution in [0, 0.1) is 0 Å². The molecule has 2 aromatic rings. The molecule has 1 saturated heterocycles. The zero-order valence-electron chi connectivity index (χ0n) is 13.9. The number of ether oxygens (including phenoxy) is 1. The molecular weight excluding hydrogens is 318 g/mol. The predicted molar refractivity (Wildman–Crippen MR) is 96.6 cm³/mol. The molecule has 6 heteroatoms. The van der Waals surface area contributed by atoms with Crippen molar-refractivity contribution < 1.29 is 14.3 Å². The topological polar surface area (TPSA) is 70.7 Å². The lowest BCUT2D eigenvalue weighted by Crippen LogP contribution is -2.36. The first-order valence-corrected chi connectivity index (χ1v) is 8.26. The number of anilines is 2. The van der Waals surface area contributed by atoms with E-state index in [1.165, 1.54) is 0 Å². The van der Waals surface area contributed by atoms with Gasteiger partial charge in [-0.3, -0.25) is 14.5 Å². The lowest BCUT2D eigenvalue weighted by atomic mass is 10.1. The molecule has 1 fully saturated rings. The van der Waals surface area contributed by atoms with Gasteiger partial charge in [-0.15, -0.1) is 0 Å². The number of carbonyl (C=O) groups excluding carboxylic acids is 2. The fourth-order valence-electron chi connectivity index (χ4n) is 2.83. The largest absolute Gasteiger partial charge is 0.379 e. The molecule has 0 saturated carbocycles. The number of hydrogen-bond acceptors (Lipinski definition) is 4. The number of rotatable bonds is 6. The number of amides is 2. The molecule has 1 aliphatic heterocycles. The summed E-state index contributed by atoms with van der Waals surface area (Å²) in [5.74, 6) is -0.160. The number of benzene rings is 2. The van der Waals surface area contributed by atoms with Gasteiger partial charge in [0, 0.05) is 36.6 Å². The SMILES string of the molecule is O=CNc1cccc(NC(=O)c2ccccc2CN2CCOCC2)c1. The Morgan fingerprint density at radius 2 is 1.84 bits per heavy atom. The van der Waals surface area contributed by atoms with Crippen LogP contribution in [0.3, 0.4) is 0 Å². The van der Waals surface area contributed by atoms with Crippen LogP contribution in [0.2, 0.25) is 0 Å². The van der Waals surface area contributed by atoms with Crippen LogP contribution >= 0.6 is 0 Å². The van der Waals surface area contributed by atoms with Gasteiger partial charge in [-0.2, -0.15) is 0 Å². The highest BCUT2D eigenvalue weighted by Crippen LogP contribution is 2.18. The third-order valence-corrected chi connectivity index (χ3v) is 4.11. The molecule has 130 valence electrons. The second-order valence-electron chi connectivity index (χ2n) is 5.84. The first-order chi connectivity index (χ1) is 12.3. The zero-order chi connectivity index (χ0) is 17.5. The Morgan fingerprint density at radius 1 is 1.08 bits per heavy atom. The Balaban J connectivity index is 1.73. The molecule has 1 aliphatic rings. The van der Waals surface area contributed by atoms with Crippen LogP contribution in [-0.2, 0) is 16.1 Å². The van der Waals surface area contributed by atoms with Gasteiger partial charge in [-0.25, -0.2) is 0 Å². The average molecular weight is 339 g/mol. The van der Waals surface area contributed by atoms with Gasteiger partial charge in [-0.05, 0) is 29.8 Å². The summed E-state index contributed by atoms with van der Waals surface area (Å²) in [6, 6.07) is 14.7. The number of morpholine rings is 1. The third kappa shape index (κ3) is 4.65. The second kappa shape index (κ2) is 8.41. The van der Waals surface area contributed by atoms with Crippen molar-refractivity contribution in [3.63, 3.8) is 0 Å². The van der Waals surface area contributed by atoms with Crippen LogP contribution in [0.4, 0.5) is 11.4 Å². The Labute approximate surface area is 146 Å². The number of carbonyl (C=O) groups is 2. The van der Waals surface area contributed by atoms with E-state index in [9.17, 15) is 9.59 Å². The van der Waals surface area contributed by atoms with Crippen LogP contribution in [0.15, 0.2) is 48.5 Å². The van der Waals surface area contributed by atoms with Crippen LogP contribution in [-0.4, -0.2) is 43.5 Å². The van der Waals surface area contributed by atoms with Gasteiger partial charge in [0.25, 0.3) is 5.91 Å². The molecule has 2 aromatic carbocycles. The first kappa shape index (κ1) is 17.1. The van der Waals surface area contributed by atoms with Gasteiger partial charge >= 0.3 is 0 Å². The smallest absolute Gasteiger partial charge is 0.255 e. The van der Waals surface area contributed by atoms with Gasteiger partial charge in [0.15, 0.2) is 0 Å². The summed E-state index contributed by atoms with van der Waals surface area (Å²) < 4.78 is 5.37. The summed E-state index contributed by atoms with van der Waals surface area (Å²) in [6.07, 6.45) is 0.610. The monoisotopic (exact) mass is 339 g/mol. The molecular formula is C19H21N3O3. The van der Waals surface area contributed by atoms with Crippen LogP contribution in [0.1, 0.15) is 15.9 Å². The maximum Gasteiger partial charge on any atom is 0.255 e. The van der Waals surface area contributed by atoms with E-state index in [1.54, 1.807) is 24.3 Å². The average Bonchev–Trinajstić information content (AvgIpc) is 2.63. The fourth-order valence-corrected chi connectivity index (χ4v) is 2.83. The zero-order valence-corrected chi connectivity index (χ0v) is 13.9. The Kier molecular flexibility index (Phi) is 5.77. The molecule has 1 heterocycles. The molecule has 6 nitrogen and oxygen atoms in total. The van der Waals surface area contributed by atoms with Gasteiger partial charge in [0.2, 0.25) is 6.41 Å². The Morgan fingerprint density at radius 3 is 2.64 bits per heavy atom. The number of nitrogens with zero attached hydrogens (tertiary/aromatic N) is 1. The molecule has 0 bridgehead atoms. The van der Waals surface area contributed by atoms with Crippen molar-refractivity contribution in [2.75, 3.05) is 36.9 Å². The summed E-state index contributed by atoms with van der Waals surface area (Å²) >= 11 is 0. The van der Waals surface area contributed by atoms with E-state index < -0.39 is 0 Å². The fraction of sp³-hybridized carbons (Fsp3) is 0.263. The van der Waals surface area contributed by atoms with E-state index in [-0.39, 0.29) is 5.91 Å². The van der Waals surface area contributed by atoms with Gasteiger partial charge < -0.3 is 15.4 Å². The number of hydrogen-bond donors (Lipinski definition) is 2. The summed E-state index contributed by atoms with van der Waals surface area (Å²) in [4.78, 5) is 25.5. The van der Waals surface area contributed by atoms with Gasteiger partial charge in [0.1, 0.15) is 0 Å². The molecule has 0 aromatic heterocycles. The van der Waals surface area contributed by atoms with E-state index in [4.69, 9.17) is 4.74 Å². The van der Waals surface area contributed by atoms with E-state index in [1.807, 2.05) is 24.3 Å².